The van der Waals surface area contributed by atoms with Crippen LogP contribution >= 0.6 is 0 Å². The monoisotopic (exact) mass is 271 g/mol. The molecule has 0 unspecified atom stereocenters. The van der Waals surface area contributed by atoms with E-state index in [9.17, 15) is 4.79 Å². The van der Waals surface area contributed by atoms with Gasteiger partial charge < -0.3 is 10.1 Å². The molecule has 0 amide bonds. The van der Waals surface area contributed by atoms with Crippen LogP contribution in [-0.4, -0.2) is 23.4 Å². The van der Waals surface area contributed by atoms with Gasteiger partial charge in [-0.15, -0.1) is 0 Å². The lowest BCUT2D eigenvalue weighted by Gasteiger charge is -2.18. The number of ether oxygens (including phenoxy) is 1. The Hall–Kier alpha value is -2.30. The number of methoxy groups -OCH3 is 1. The van der Waals surface area contributed by atoms with E-state index in [0.29, 0.717) is 6.54 Å². The third-order valence-electron chi connectivity index (χ3n) is 3.49. The third kappa shape index (κ3) is 2.39. The van der Waals surface area contributed by atoms with Crippen molar-refractivity contribution >= 4 is 5.69 Å². The summed E-state index contributed by atoms with van der Waals surface area (Å²) in [5, 5.41) is 7.69. The van der Waals surface area contributed by atoms with E-state index in [0.717, 1.165) is 42.1 Å². The Labute approximate surface area is 117 Å². The Morgan fingerprint density at radius 3 is 3.10 bits per heavy atom. The van der Waals surface area contributed by atoms with Gasteiger partial charge in [0.15, 0.2) is 0 Å². The molecule has 0 atom stereocenters. The molecule has 2 heterocycles. The Bertz CT molecular complexity index is 679. The fourth-order valence-corrected chi connectivity index (χ4v) is 2.45. The standard InChI is InChI=1S/C15H17N3O2/c1-20-14-7-3-2-5-11(14)10-18-15(19)9-13-12(17-18)6-4-8-16-13/h2-3,5,7,9,16H,4,6,8,10H2,1H3. The summed E-state index contributed by atoms with van der Waals surface area (Å²) in [7, 11) is 1.63. The van der Waals surface area contributed by atoms with Gasteiger partial charge in [0.2, 0.25) is 0 Å². The maximum absolute atomic E-state index is 12.1. The molecular weight excluding hydrogens is 254 g/mol. The summed E-state index contributed by atoms with van der Waals surface area (Å²) in [6, 6.07) is 9.32. The zero-order valence-corrected chi connectivity index (χ0v) is 11.4. The minimum Gasteiger partial charge on any atom is -0.496 e. The summed E-state index contributed by atoms with van der Waals surface area (Å²) < 4.78 is 6.82. The molecule has 0 radical (unpaired) electrons. The van der Waals surface area contributed by atoms with Crippen LogP contribution in [-0.2, 0) is 13.0 Å². The van der Waals surface area contributed by atoms with Gasteiger partial charge in [0.05, 0.1) is 25.0 Å². The molecule has 0 saturated heterocycles. The van der Waals surface area contributed by atoms with Crippen molar-refractivity contribution in [2.45, 2.75) is 19.4 Å². The maximum Gasteiger partial charge on any atom is 0.269 e. The summed E-state index contributed by atoms with van der Waals surface area (Å²) in [6.07, 6.45) is 1.96. The van der Waals surface area contributed by atoms with E-state index in [4.69, 9.17) is 4.74 Å². The highest BCUT2D eigenvalue weighted by atomic mass is 16.5. The second-order valence-corrected chi connectivity index (χ2v) is 4.84. The van der Waals surface area contributed by atoms with Crippen LogP contribution in [0.15, 0.2) is 35.1 Å². The van der Waals surface area contributed by atoms with Crippen molar-refractivity contribution in [1.29, 1.82) is 0 Å². The van der Waals surface area contributed by atoms with Gasteiger partial charge in [-0.05, 0) is 18.9 Å². The number of para-hydroxylation sites is 1. The molecule has 2 aromatic rings. The van der Waals surface area contributed by atoms with Gasteiger partial charge in [0.1, 0.15) is 5.75 Å². The lowest BCUT2D eigenvalue weighted by molar-refractivity contribution is 0.406. The van der Waals surface area contributed by atoms with Crippen molar-refractivity contribution in [3.63, 3.8) is 0 Å². The summed E-state index contributed by atoms with van der Waals surface area (Å²) in [5.41, 5.74) is 2.70. The first-order valence-electron chi connectivity index (χ1n) is 6.75. The van der Waals surface area contributed by atoms with Crippen LogP contribution in [0.1, 0.15) is 17.7 Å². The number of benzene rings is 1. The normalized spacial score (nSPS) is 13.4. The van der Waals surface area contributed by atoms with E-state index in [1.165, 1.54) is 4.68 Å². The van der Waals surface area contributed by atoms with Crippen LogP contribution in [0.5, 0.6) is 5.75 Å². The molecule has 104 valence electrons. The van der Waals surface area contributed by atoms with Gasteiger partial charge in [0, 0.05) is 18.2 Å². The lowest BCUT2D eigenvalue weighted by atomic mass is 10.1. The highest BCUT2D eigenvalue weighted by Gasteiger charge is 2.13. The number of rotatable bonds is 3. The third-order valence-corrected chi connectivity index (χ3v) is 3.49. The molecule has 1 aliphatic heterocycles. The predicted molar refractivity (Wildman–Crippen MR) is 77.4 cm³/mol. The van der Waals surface area contributed by atoms with Crippen molar-refractivity contribution in [1.82, 2.24) is 9.78 Å². The first-order chi connectivity index (χ1) is 9.78. The first-order valence-corrected chi connectivity index (χ1v) is 6.75. The number of hydrogen-bond acceptors (Lipinski definition) is 4. The number of aryl methyl sites for hydroxylation is 1. The van der Waals surface area contributed by atoms with E-state index in [1.54, 1.807) is 13.2 Å². The maximum atomic E-state index is 12.1. The zero-order chi connectivity index (χ0) is 13.9. The molecule has 0 fully saturated rings. The number of nitrogens with zero attached hydrogens (tertiary/aromatic N) is 2. The molecule has 1 aromatic carbocycles. The SMILES string of the molecule is COc1ccccc1Cn1nc2c(cc1=O)NCCC2. The van der Waals surface area contributed by atoms with Gasteiger partial charge in [-0.1, -0.05) is 18.2 Å². The van der Waals surface area contributed by atoms with E-state index in [1.807, 2.05) is 24.3 Å². The second kappa shape index (κ2) is 5.36. The Balaban J connectivity index is 1.96. The quantitative estimate of drug-likeness (QED) is 0.922. The first kappa shape index (κ1) is 12.7. The predicted octanol–water partition coefficient (Wildman–Crippen LogP) is 1.66. The molecule has 0 spiro atoms. The highest BCUT2D eigenvalue weighted by molar-refractivity contribution is 5.48. The molecule has 5 heteroatoms. The van der Waals surface area contributed by atoms with Crippen LogP contribution < -0.4 is 15.6 Å². The van der Waals surface area contributed by atoms with Crippen LogP contribution in [0.4, 0.5) is 5.69 Å². The van der Waals surface area contributed by atoms with Crippen LogP contribution in [0.25, 0.3) is 0 Å². The lowest BCUT2D eigenvalue weighted by Crippen LogP contribution is -2.27. The molecule has 1 N–H and O–H groups in total. The summed E-state index contributed by atoms with van der Waals surface area (Å²) in [6.45, 7) is 1.33. The van der Waals surface area contributed by atoms with Gasteiger partial charge in [0.25, 0.3) is 5.56 Å². The van der Waals surface area contributed by atoms with E-state index in [-0.39, 0.29) is 5.56 Å². The molecule has 3 rings (SSSR count). The minimum absolute atomic E-state index is 0.0935. The fourth-order valence-electron chi connectivity index (χ4n) is 2.45. The van der Waals surface area contributed by atoms with Crippen LogP contribution in [0.3, 0.4) is 0 Å². The Morgan fingerprint density at radius 1 is 1.40 bits per heavy atom. The second-order valence-electron chi connectivity index (χ2n) is 4.84. The zero-order valence-electron chi connectivity index (χ0n) is 11.4. The highest BCUT2D eigenvalue weighted by Crippen LogP contribution is 2.19. The molecule has 20 heavy (non-hydrogen) atoms. The van der Waals surface area contributed by atoms with Crippen molar-refractivity contribution in [2.75, 3.05) is 19.0 Å². The largest absolute Gasteiger partial charge is 0.496 e. The molecule has 0 aliphatic carbocycles. The molecule has 5 nitrogen and oxygen atoms in total. The van der Waals surface area contributed by atoms with Crippen molar-refractivity contribution in [3.8, 4) is 5.75 Å². The topological polar surface area (TPSA) is 56.2 Å². The van der Waals surface area contributed by atoms with E-state index < -0.39 is 0 Å². The van der Waals surface area contributed by atoms with Crippen molar-refractivity contribution < 1.29 is 4.74 Å². The average molecular weight is 271 g/mol. The number of anilines is 1. The summed E-state index contributed by atoms with van der Waals surface area (Å²) in [5.74, 6) is 0.775. The van der Waals surface area contributed by atoms with Crippen molar-refractivity contribution in [3.05, 3.63) is 51.9 Å². The number of fused-ring (bicyclic) bond motifs is 1. The van der Waals surface area contributed by atoms with Gasteiger partial charge in [-0.25, -0.2) is 4.68 Å². The van der Waals surface area contributed by atoms with Gasteiger partial charge in [-0.2, -0.15) is 5.10 Å². The molecule has 0 bridgehead atoms. The number of nitrogens with one attached hydrogen (secondary N) is 1. The Kier molecular flexibility index (Phi) is 3.41. The van der Waals surface area contributed by atoms with Crippen molar-refractivity contribution in [2.24, 2.45) is 0 Å². The van der Waals surface area contributed by atoms with Crippen LogP contribution in [0, 0.1) is 0 Å². The average Bonchev–Trinajstić information content (AvgIpc) is 2.48. The summed E-state index contributed by atoms with van der Waals surface area (Å²) in [4.78, 5) is 12.1. The molecule has 0 saturated carbocycles. The van der Waals surface area contributed by atoms with Gasteiger partial charge >= 0.3 is 0 Å². The molecule has 1 aromatic heterocycles. The van der Waals surface area contributed by atoms with Crippen LogP contribution in [0.2, 0.25) is 0 Å². The number of aromatic nitrogens is 2. The number of hydrogen-bond donors (Lipinski definition) is 1. The van der Waals surface area contributed by atoms with E-state index in [2.05, 4.69) is 10.4 Å². The molecular formula is C15H17N3O2. The smallest absolute Gasteiger partial charge is 0.269 e. The minimum atomic E-state index is -0.0935. The van der Waals surface area contributed by atoms with Gasteiger partial charge in [-0.3, -0.25) is 4.79 Å². The molecule has 1 aliphatic rings. The van der Waals surface area contributed by atoms with E-state index >= 15 is 0 Å². The summed E-state index contributed by atoms with van der Waals surface area (Å²) >= 11 is 0. The fraction of sp³-hybridized carbons (Fsp3) is 0.333. The Morgan fingerprint density at radius 2 is 2.25 bits per heavy atom.